The van der Waals surface area contributed by atoms with E-state index >= 15 is 0 Å². The van der Waals surface area contributed by atoms with Gasteiger partial charge >= 0.3 is 0 Å². The van der Waals surface area contributed by atoms with Crippen LogP contribution in [0.3, 0.4) is 0 Å². The van der Waals surface area contributed by atoms with Gasteiger partial charge in [-0.15, -0.1) is 0 Å². The van der Waals surface area contributed by atoms with Crippen molar-refractivity contribution in [2.45, 2.75) is 19.9 Å². The normalized spacial score (nSPS) is 13.1. The first-order chi connectivity index (χ1) is 8.04. The van der Waals surface area contributed by atoms with Gasteiger partial charge in [-0.1, -0.05) is 0 Å². The highest BCUT2D eigenvalue weighted by Crippen LogP contribution is 1.86. The van der Waals surface area contributed by atoms with Crippen LogP contribution in [0.25, 0.3) is 0 Å². The van der Waals surface area contributed by atoms with E-state index in [1.807, 2.05) is 13.8 Å². The molecule has 0 bridgehead atoms. The van der Waals surface area contributed by atoms with Gasteiger partial charge in [0.1, 0.15) is 6.54 Å². The molecule has 17 heavy (non-hydrogen) atoms. The van der Waals surface area contributed by atoms with E-state index in [1.165, 1.54) is 0 Å². The van der Waals surface area contributed by atoms with Crippen LogP contribution >= 0.6 is 0 Å². The first-order valence-electron chi connectivity index (χ1n) is 5.55. The molecule has 1 atom stereocenters. The molecule has 0 aliphatic carbocycles. The van der Waals surface area contributed by atoms with Crippen LogP contribution in [-0.2, 0) is 9.53 Å². The molecule has 7 nitrogen and oxygen atoms in total. The summed E-state index contributed by atoms with van der Waals surface area (Å²) in [7, 11) is 3.35. The molecule has 0 aromatic rings. The fourth-order valence-corrected chi connectivity index (χ4v) is 1.10. The number of carbonyl (C=O) groups is 1. The van der Waals surface area contributed by atoms with Crippen LogP contribution in [0.4, 0.5) is 0 Å². The molecule has 1 unspecified atom stereocenters. The second-order valence-corrected chi connectivity index (χ2v) is 3.72. The molecule has 4 N–H and O–H groups in total. The number of methoxy groups -OCH3 is 1. The first-order valence-corrected chi connectivity index (χ1v) is 5.55. The van der Waals surface area contributed by atoms with Gasteiger partial charge in [0.25, 0.3) is 0 Å². The predicted molar refractivity (Wildman–Crippen MR) is 67.4 cm³/mol. The highest BCUT2D eigenvalue weighted by molar-refractivity contribution is 5.84. The highest BCUT2D eigenvalue weighted by atomic mass is 16.5. The summed E-state index contributed by atoms with van der Waals surface area (Å²) in [5.74, 6) is 5.63. The van der Waals surface area contributed by atoms with E-state index in [0.29, 0.717) is 19.1 Å². The van der Waals surface area contributed by atoms with Crippen LogP contribution in [0.5, 0.6) is 0 Å². The van der Waals surface area contributed by atoms with Crippen molar-refractivity contribution < 1.29 is 9.53 Å². The smallest absolute Gasteiger partial charge is 0.244 e. The number of nitrogens with one attached hydrogen (secondary N) is 2. The molecule has 0 fully saturated rings. The quantitative estimate of drug-likeness (QED) is 0.239. The second-order valence-electron chi connectivity index (χ2n) is 3.72. The molecule has 7 heteroatoms. The number of amides is 1. The molecule has 0 aliphatic heterocycles. The highest BCUT2D eigenvalue weighted by Gasteiger charge is 2.07. The topological polar surface area (TPSA) is 92.0 Å². The van der Waals surface area contributed by atoms with Crippen molar-refractivity contribution >= 4 is 11.9 Å². The zero-order chi connectivity index (χ0) is 13.3. The number of carbonyl (C=O) groups excluding carboxylic acids is 1. The van der Waals surface area contributed by atoms with Crippen molar-refractivity contribution in [3.05, 3.63) is 0 Å². The number of nitrogens with zero attached hydrogens (tertiary/aromatic N) is 2. The van der Waals surface area contributed by atoms with E-state index in [0.717, 1.165) is 0 Å². The van der Waals surface area contributed by atoms with Crippen molar-refractivity contribution in [3.63, 3.8) is 0 Å². The zero-order valence-corrected chi connectivity index (χ0v) is 11.0. The summed E-state index contributed by atoms with van der Waals surface area (Å²) in [6.07, 6.45) is 0. The van der Waals surface area contributed by atoms with Gasteiger partial charge in [-0.3, -0.25) is 10.2 Å². The average Bonchev–Trinajstić information content (AvgIpc) is 2.33. The van der Waals surface area contributed by atoms with Crippen molar-refractivity contribution in [1.82, 2.24) is 15.6 Å². The molecular weight excluding hydrogens is 222 g/mol. The number of nitrogens with two attached hydrogens (primary N) is 1. The maximum absolute atomic E-state index is 11.5. The van der Waals surface area contributed by atoms with Gasteiger partial charge < -0.3 is 15.0 Å². The molecule has 0 heterocycles. The molecule has 0 aromatic heterocycles. The predicted octanol–water partition coefficient (Wildman–Crippen LogP) is -1.09. The lowest BCUT2D eigenvalue weighted by Crippen LogP contribution is -2.47. The Morgan fingerprint density at radius 1 is 1.59 bits per heavy atom. The van der Waals surface area contributed by atoms with Gasteiger partial charge in [0.2, 0.25) is 11.9 Å². The minimum Gasteiger partial charge on any atom is -0.383 e. The number of likely N-dealkylation sites (N-methyl/N-ethyl adjacent to an activating group) is 1. The van der Waals surface area contributed by atoms with E-state index < -0.39 is 0 Å². The van der Waals surface area contributed by atoms with Crippen LogP contribution in [0.15, 0.2) is 4.99 Å². The minimum absolute atomic E-state index is 0.0542. The van der Waals surface area contributed by atoms with Gasteiger partial charge in [-0.05, 0) is 13.8 Å². The SMILES string of the molecule is CCN(C)C(=O)CN=C(NN)NC(C)COC. The lowest BCUT2D eigenvalue weighted by Gasteiger charge is -2.16. The number of aliphatic imine (C=N–C) groups is 1. The second kappa shape index (κ2) is 8.77. The molecule has 0 saturated carbocycles. The van der Waals surface area contributed by atoms with E-state index in [9.17, 15) is 4.79 Å². The standard InChI is InChI=1S/C10H23N5O2/c1-5-15(3)9(16)6-12-10(14-11)13-8(2)7-17-4/h8H,5-7,11H2,1-4H3,(H2,12,13,14). The van der Waals surface area contributed by atoms with Crippen LogP contribution in [0.1, 0.15) is 13.8 Å². The molecule has 1 amide bonds. The van der Waals surface area contributed by atoms with Gasteiger partial charge in [0.05, 0.1) is 6.61 Å². The molecule has 0 spiro atoms. The number of rotatable bonds is 6. The van der Waals surface area contributed by atoms with Crippen LogP contribution in [0.2, 0.25) is 0 Å². The van der Waals surface area contributed by atoms with Crippen molar-refractivity contribution in [3.8, 4) is 0 Å². The van der Waals surface area contributed by atoms with Crippen molar-refractivity contribution in [2.24, 2.45) is 10.8 Å². The van der Waals surface area contributed by atoms with Crippen LogP contribution in [0, 0.1) is 0 Å². The largest absolute Gasteiger partial charge is 0.383 e. The zero-order valence-electron chi connectivity index (χ0n) is 11.0. The lowest BCUT2D eigenvalue weighted by molar-refractivity contribution is -0.128. The van der Waals surface area contributed by atoms with E-state index in [4.69, 9.17) is 10.6 Å². The number of hydrazine groups is 1. The molecular formula is C10H23N5O2. The summed E-state index contributed by atoms with van der Waals surface area (Å²) in [6.45, 7) is 5.09. The summed E-state index contributed by atoms with van der Waals surface area (Å²) in [5, 5.41) is 3.00. The summed E-state index contributed by atoms with van der Waals surface area (Å²) in [4.78, 5) is 17.2. The van der Waals surface area contributed by atoms with Crippen LogP contribution in [-0.4, -0.2) is 56.7 Å². The molecule has 0 saturated heterocycles. The maximum atomic E-state index is 11.5. The Morgan fingerprint density at radius 3 is 2.71 bits per heavy atom. The Labute approximate surface area is 102 Å². The fourth-order valence-electron chi connectivity index (χ4n) is 1.10. The van der Waals surface area contributed by atoms with Gasteiger partial charge in [-0.2, -0.15) is 0 Å². The van der Waals surface area contributed by atoms with Gasteiger partial charge in [0.15, 0.2) is 0 Å². The number of hydrogen-bond donors (Lipinski definition) is 3. The Morgan fingerprint density at radius 2 is 2.24 bits per heavy atom. The molecule has 0 radical (unpaired) electrons. The number of guanidine groups is 1. The third kappa shape index (κ3) is 6.75. The van der Waals surface area contributed by atoms with E-state index in [-0.39, 0.29) is 18.5 Å². The summed E-state index contributed by atoms with van der Waals surface area (Å²) in [5.41, 5.74) is 2.42. The average molecular weight is 245 g/mol. The molecule has 0 aromatic carbocycles. The fraction of sp³-hybridized carbons (Fsp3) is 0.800. The monoisotopic (exact) mass is 245 g/mol. The Bertz CT molecular complexity index is 257. The van der Waals surface area contributed by atoms with Crippen molar-refractivity contribution in [1.29, 1.82) is 0 Å². The number of ether oxygens (including phenoxy) is 1. The molecule has 0 rings (SSSR count). The lowest BCUT2D eigenvalue weighted by atomic mass is 10.4. The Hall–Kier alpha value is -1.34. The number of hydrogen-bond acceptors (Lipinski definition) is 4. The first kappa shape index (κ1) is 15.7. The minimum atomic E-state index is -0.0542. The summed E-state index contributed by atoms with van der Waals surface area (Å²) >= 11 is 0. The Kier molecular flexibility index (Phi) is 8.08. The van der Waals surface area contributed by atoms with Gasteiger partial charge in [0, 0.05) is 26.7 Å². The summed E-state index contributed by atoms with van der Waals surface area (Å²) in [6, 6.07) is 0.0637. The van der Waals surface area contributed by atoms with Crippen molar-refractivity contribution in [2.75, 3.05) is 33.9 Å². The van der Waals surface area contributed by atoms with E-state index in [2.05, 4.69) is 15.7 Å². The third-order valence-electron chi connectivity index (χ3n) is 2.21. The van der Waals surface area contributed by atoms with Gasteiger partial charge in [-0.25, -0.2) is 10.8 Å². The Balaban J connectivity index is 4.21. The molecule has 0 aliphatic rings. The summed E-state index contributed by atoms with van der Waals surface area (Å²) < 4.78 is 4.97. The van der Waals surface area contributed by atoms with E-state index in [1.54, 1.807) is 19.1 Å². The maximum Gasteiger partial charge on any atom is 0.244 e. The van der Waals surface area contributed by atoms with Crippen LogP contribution < -0.4 is 16.6 Å². The molecule has 100 valence electrons. The third-order valence-corrected chi connectivity index (χ3v) is 2.21.